The maximum atomic E-state index is 13.8. The summed E-state index contributed by atoms with van der Waals surface area (Å²) in [5.41, 5.74) is 4.37. The summed E-state index contributed by atoms with van der Waals surface area (Å²) in [6.07, 6.45) is 4.32. The quantitative estimate of drug-likeness (QED) is 0.130. The maximum absolute atomic E-state index is 13.8. The number of allylic oxidation sites excluding steroid dienone is 1. The van der Waals surface area contributed by atoms with E-state index in [0.29, 0.717) is 41.2 Å². The van der Waals surface area contributed by atoms with E-state index in [9.17, 15) is 4.79 Å². The van der Waals surface area contributed by atoms with E-state index in [-0.39, 0.29) is 5.91 Å². The van der Waals surface area contributed by atoms with E-state index < -0.39 is 0 Å². The van der Waals surface area contributed by atoms with Gasteiger partial charge in [0.25, 0.3) is 5.91 Å². The number of anilines is 1. The van der Waals surface area contributed by atoms with E-state index in [1.54, 1.807) is 4.90 Å². The molecular weight excluding hydrogens is 596 g/mol. The third kappa shape index (κ3) is 6.99. The van der Waals surface area contributed by atoms with Gasteiger partial charge in [0, 0.05) is 10.0 Å². The molecule has 1 aliphatic heterocycles. The number of amidine groups is 1. The zero-order chi connectivity index (χ0) is 28.6. The predicted octanol–water partition coefficient (Wildman–Crippen LogP) is 8.96. The molecule has 1 heterocycles. The lowest BCUT2D eigenvalue weighted by Gasteiger charge is -2.17. The second-order valence-corrected chi connectivity index (χ2v) is 11.1. The van der Waals surface area contributed by atoms with Gasteiger partial charge in [0.05, 0.1) is 22.9 Å². The van der Waals surface area contributed by atoms with Crippen LogP contribution in [0.1, 0.15) is 23.6 Å². The minimum atomic E-state index is -0.130. The Morgan fingerprint density at radius 1 is 0.951 bits per heavy atom. The van der Waals surface area contributed by atoms with Crippen molar-refractivity contribution in [2.45, 2.75) is 20.0 Å². The van der Waals surface area contributed by atoms with Crippen LogP contribution in [0.15, 0.2) is 124 Å². The fourth-order valence-corrected chi connectivity index (χ4v) is 5.62. The van der Waals surface area contributed by atoms with Crippen LogP contribution in [0.2, 0.25) is 0 Å². The normalized spacial score (nSPS) is 15.0. The van der Waals surface area contributed by atoms with Crippen molar-refractivity contribution in [1.82, 2.24) is 0 Å². The Balaban J connectivity index is 1.51. The average molecular weight is 626 g/mol. The molecule has 0 atom stereocenters. The van der Waals surface area contributed by atoms with Gasteiger partial charge in [-0.3, -0.25) is 9.69 Å². The lowest BCUT2D eigenvalue weighted by atomic mass is 10.0. The number of carbonyl (C=O) groups excluding carboxylic acids is 1. The molecule has 0 spiro atoms. The molecule has 41 heavy (non-hydrogen) atoms. The Labute approximate surface area is 253 Å². The number of nitrogens with zero attached hydrogens (tertiary/aromatic N) is 2. The SMILES string of the molecule is C=CCc1cc(/C=C2/SC(=Nc3ccccc3)N(c3ccccc3)C2=O)cc(OCC)c1OCc1ccc(Br)cc1. The molecule has 7 heteroatoms. The van der Waals surface area contributed by atoms with Crippen LogP contribution in [0.3, 0.4) is 0 Å². The van der Waals surface area contributed by atoms with Crippen molar-refractivity contribution in [3.8, 4) is 11.5 Å². The second-order valence-electron chi connectivity index (χ2n) is 9.16. The number of para-hydroxylation sites is 2. The monoisotopic (exact) mass is 624 g/mol. The van der Waals surface area contributed by atoms with Crippen LogP contribution in [-0.2, 0) is 17.8 Å². The number of hydrogen-bond acceptors (Lipinski definition) is 5. The van der Waals surface area contributed by atoms with Gasteiger partial charge < -0.3 is 9.47 Å². The van der Waals surface area contributed by atoms with E-state index in [2.05, 4.69) is 22.5 Å². The van der Waals surface area contributed by atoms with Crippen molar-refractivity contribution in [3.63, 3.8) is 0 Å². The van der Waals surface area contributed by atoms with Crippen LogP contribution in [0.5, 0.6) is 11.5 Å². The molecule has 0 aromatic heterocycles. The molecule has 0 unspecified atom stereocenters. The third-order valence-corrected chi connectivity index (χ3v) is 7.71. The standard InChI is InChI=1S/C34H29BrN2O3S/c1-3-11-26-20-25(21-30(39-4-2)32(26)40-23-24-16-18-27(35)19-17-24)22-31-33(38)37(29-14-9-6-10-15-29)34(41-31)36-28-12-7-5-8-13-28/h3,5-10,12-22H,1,4,11,23H2,2H3/b31-22+,36-34?. The lowest BCUT2D eigenvalue weighted by molar-refractivity contribution is -0.113. The molecule has 5 rings (SSSR count). The number of amides is 1. The Bertz CT molecular complexity index is 1590. The molecule has 0 aliphatic carbocycles. The van der Waals surface area contributed by atoms with Crippen LogP contribution in [0.4, 0.5) is 11.4 Å². The Morgan fingerprint density at radius 2 is 1.66 bits per heavy atom. The molecule has 0 bridgehead atoms. The van der Waals surface area contributed by atoms with E-state index >= 15 is 0 Å². The van der Waals surface area contributed by atoms with Gasteiger partial charge in [-0.1, -0.05) is 70.5 Å². The van der Waals surface area contributed by atoms with E-state index in [0.717, 1.165) is 32.5 Å². The summed E-state index contributed by atoms with van der Waals surface area (Å²) in [7, 11) is 0. The first-order valence-corrected chi connectivity index (χ1v) is 14.9. The smallest absolute Gasteiger partial charge is 0.271 e. The van der Waals surface area contributed by atoms with E-state index in [1.807, 2.05) is 116 Å². The average Bonchev–Trinajstić information content (AvgIpc) is 3.28. The van der Waals surface area contributed by atoms with Crippen molar-refractivity contribution in [2.75, 3.05) is 11.5 Å². The summed E-state index contributed by atoms with van der Waals surface area (Å²) in [6.45, 7) is 6.76. The van der Waals surface area contributed by atoms with Gasteiger partial charge in [-0.2, -0.15) is 0 Å². The Morgan fingerprint density at radius 3 is 2.34 bits per heavy atom. The Hall–Kier alpha value is -4.07. The molecule has 4 aromatic carbocycles. The fourth-order valence-electron chi connectivity index (χ4n) is 4.35. The Kier molecular flexibility index (Phi) is 9.39. The summed E-state index contributed by atoms with van der Waals surface area (Å²) in [5.74, 6) is 1.18. The highest BCUT2D eigenvalue weighted by Crippen LogP contribution is 2.40. The van der Waals surface area contributed by atoms with Gasteiger partial charge in [-0.25, -0.2) is 4.99 Å². The number of halogens is 1. The first kappa shape index (κ1) is 28.5. The second kappa shape index (κ2) is 13.5. The molecule has 4 aromatic rings. The zero-order valence-corrected chi connectivity index (χ0v) is 25.0. The van der Waals surface area contributed by atoms with Gasteiger partial charge in [-0.15, -0.1) is 6.58 Å². The van der Waals surface area contributed by atoms with Crippen molar-refractivity contribution < 1.29 is 14.3 Å². The van der Waals surface area contributed by atoms with Gasteiger partial charge >= 0.3 is 0 Å². The van der Waals surface area contributed by atoms with Crippen LogP contribution >= 0.6 is 27.7 Å². The summed E-state index contributed by atoms with van der Waals surface area (Å²) in [6, 6.07) is 31.2. The molecular formula is C34H29BrN2O3S. The fraction of sp³-hybridized carbons (Fsp3) is 0.118. The summed E-state index contributed by atoms with van der Waals surface area (Å²) in [5, 5.41) is 0.601. The topological polar surface area (TPSA) is 51.1 Å². The molecule has 0 saturated carbocycles. The molecule has 0 radical (unpaired) electrons. The van der Waals surface area contributed by atoms with Crippen molar-refractivity contribution in [3.05, 3.63) is 136 Å². The van der Waals surface area contributed by atoms with Gasteiger partial charge in [0.2, 0.25) is 0 Å². The number of carbonyl (C=O) groups is 1. The highest BCUT2D eigenvalue weighted by atomic mass is 79.9. The van der Waals surface area contributed by atoms with Crippen molar-refractivity contribution >= 4 is 56.2 Å². The number of aliphatic imine (C=N–C) groups is 1. The third-order valence-electron chi connectivity index (χ3n) is 6.21. The van der Waals surface area contributed by atoms with Gasteiger partial charge in [0.15, 0.2) is 16.7 Å². The van der Waals surface area contributed by atoms with Gasteiger partial charge in [-0.05, 0) is 90.8 Å². The highest BCUT2D eigenvalue weighted by molar-refractivity contribution is 9.10. The number of rotatable bonds is 10. The predicted molar refractivity (Wildman–Crippen MR) is 173 cm³/mol. The summed E-state index contributed by atoms with van der Waals surface area (Å²) >= 11 is 4.83. The molecule has 5 nitrogen and oxygen atoms in total. The van der Waals surface area contributed by atoms with Crippen molar-refractivity contribution in [1.29, 1.82) is 0 Å². The number of thioether (sulfide) groups is 1. The first-order valence-electron chi connectivity index (χ1n) is 13.3. The zero-order valence-electron chi connectivity index (χ0n) is 22.6. The minimum absolute atomic E-state index is 0.130. The highest BCUT2D eigenvalue weighted by Gasteiger charge is 2.34. The summed E-state index contributed by atoms with van der Waals surface area (Å²) in [4.78, 5) is 20.8. The van der Waals surface area contributed by atoms with Crippen LogP contribution < -0.4 is 14.4 Å². The summed E-state index contributed by atoms with van der Waals surface area (Å²) < 4.78 is 13.3. The molecule has 1 fully saturated rings. The van der Waals surface area contributed by atoms with Crippen LogP contribution in [0, 0.1) is 0 Å². The molecule has 206 valence electrons. The number of hydrogen-bond donors (Lipinski definition) is 0. The van der Waals surface area contributed by atoms with Crippen LogP contribution in [-0.4, -0.2) is 17.7 Å². The van der Waals surface area contributed by atoms with Crippen LogP contribution in [0.25, 0.3) is 6.08 Å². The molecule has 1 aliphatic rings. The van der Waals surface area contributed by atoms with E-state index in [1.165, 1.54) is 11.8 Å². The van der Waals surface area contributed by atoms with E-state index in [4.69, 9.17) is 14.5 Å². The van der Waals surface area contributed by atoms with Gasteiger partial charge in [0.1, 0.15) is 6.61 Å². The minimum Gasteiger partial charge on any atom is -0.490 e. The van der Waals surface area contributed by atoms with Crippen molar-refractivity contribution in [2.24, 2.45) is 4.99 Å². The number of ether oxygens (including phenoxy) is 2. The molecule has 1 amide bonds. The molecule has 0 N–H and O–H groups in total. The first-order chi connectivity index (χ1) is 20.1. The lowest BCUT2D eigenvalue weighted by Crippen LogP contribution is -2.28. The number of benzene rings is 4. The maximum Gasteiger partial charge on any atom is 0.271 e. The molecule has 1 saturated heterocycles. The largest absolute Gasteiger partial charge is 0.490 e.